The van der Waals surface area contributed by atoms with E-state index in [1.807, 2.05) is 29.2 Å². The van der Waals surface area contributed by atoms with Crippen LogP contribution in [0.4, 0.5) is 0 Å². The smallest absolute Gasteiger partial charge is 0.254 e. The molecule has 0 bridgehead atoms. The molecular formula is C15H23N3O. The van der Waals surface area contributed by atoms with Gasteiger partial charge in [-0.05, 0) is 36.5 Å². The Morgan fingerprint density at radius 3 is 2.58 bits per heavy atom. The van der Waals surface area contributed by atoms with Crippen molar-refractivity contribution in [2.45, 2.75) is 32.4 Å². The van der Waals surface area contributed by atoms with Gasteiger partial charge in [-0.3, -0.25) is 4.79 Å². The third-order valence-corrected chi connectivity index (χ3v) is 4.05. The molecule has 1 amide bonds. The van der Waals surface area contributed by atoms with E-state index >= 15 is 0 Å². The number of hydrogen-bond acceptors (Lipinski definition) is 3. The molecule has 104 valence electrons. The molecule has 1 saturated heterocycles. The number of hydrogen-bond donors (Lipinski definition) is 2. The fourth-order valence-electron chi connectivity index (χ4n) is 2.81. The van der Waals surface area contributed by atoms with Gasteiger partial charge in [0.15, 0.2) is 0 Å². The lowest BCUT2D eigenvalue weighted by Crippen LogP contribution is -2.51. The van der Waals surface area contributed by atoms with Crippen molar-refractivity contribution < 1.29 is 4.79 Å². The van der Waals surface area contributed by atoms with Crippen molar-refractivity contribution in [2.24, 2.45) is 17.4 Å². The molecule has 0 unspecified atom stereocenters. The highest BCUT2D eigenvalue weighted by Crippen LogP contribution is 2.24. The summed E-state index contributed by atoms with van der Waals surface area (Å²) < 4.78 is 0. The SMILES string of the molecule is C[C@H]1CCCN(C(=O)c2ccc(CN)cc2)[C@@H]1CN. The zero-order valence-corrected chi connectivity index (χ0v) is 11.5. The van der Waals surface area contributed by atoms with Crippen LogP contribution in [-0.2, 0) is 6.54 Å². The Bertz CT molecular complexity index is 430. The normalized spacial score (nSPS) is 23.4. The highest BCUT2D eigenvalue weighted by atomic mass is 16.2. The van der Waals surface area contributed by atoms with Crippen molar-refractivity contribution in [2.75, 3.05) is 13.1 Å². The van der Waals surface area contributed by atoms with Crippen LogP contribution in [0.5, 0.6) is 0 Å². The maximum atomic E-state index is 12.6. The maximum absolute atomic E-state index is 12.6. The van der Waals surface area contributed by atoms with E-state index < -0.39 is 0 Å². The number of likely N-dealkylation sites (tertiary alicyclic amines) is 1. The fourth-order valence-corrected chi connectivity index (χ4v) is 2.81. The molecule has 1 aromatic rings. The molecule has 1 aromatic carbocycles. The Hall–Kier alpha value is -1.39. The van der Waals surface area contributed by atoms with Gasteiger partial charge in [-0.1, -0.05) is 19.1 Å². The van der Waals surface area contributed by atoms with Gasteiger partial charge in [0, 0.05) is 31.2 Å². The number of carbonyl (C=O) groups is 1. The van der Waals surface area contributed by atoms with Gasteiger partial charge < -0.3 is 16.4 Å². The monoisotopic (exact) mass is 261 g/mol. The Morgan fingerprint density at radius 2 is 2.00 bits per heavy atom. The number of nitrogens with two attached hydrogens (primary N) is 2. The Balaban J connectivity index is 2.16. The first-order chi connectivity index (χ1) is 9.17. The van der Waals surface area contributed by atoms with Crippen molar-refractivity contribution in [3.8, 4) is 0 Å². The zero-order chi connectivity index (χ0) is 13.8. The number of nitrogens with zero attached hydrogens (tertiary/aromatic N) is 1. The van der Waals surface area contributed by atoms with E-state index in [0.29, 0.717) is 19.0 Å². The van der Waals surface area contributed by atoms with E-state index in [9.17, 15) is 4.79 Å². The summed E-state index contributed by atoms with van der Waals surface area (Å²) in [5.41, 5.74) is 13.2. The summed E-state index contributed by atoms with van der Waals surface area (Å²) in [6.07, 6.45) is 2.21. The number of amides is 1. The molecule has 0 radical (unpaired) electrons. The van der Waals surface area contributed by atoms with Gasteiger partial charge in [0.05, 0.1) is 0 Å². The lowest BCUT2D eigenvalue weighted by atomic mass is 9.90. The summed E-state index contributed by atoms with van der Waals surface area (Å²) in [6, 6.07) is 7.71. The summed E-state index contributed by atoms with van der Waals surface area (Å²) in [7, 11) is 0. The van der Waals surface area contributed by atoms with E-state index in [1.165, 1.54) is 0 Å². The molecule has 1 aliphatic rings. The van der Waals surface area contributed by atoms with Crippen LogP contribution in [-0.4, -0.2) is 29.9 Å². The van der Waals surface area contributed by atoms with Crippen LogP contribution in [0.15, 0.2) is 24.3 Å². The van der Waals surface area contributed by atoms with E-state index in [-0.39, 0.29) is 11.9 Å². The predicted molar refractivity (Wildman–Crippen MR) is 76.6 cm³/mol. The zero-order valence-electron chi connectivity index (χ0n) is 11.5. The second kappa shape index (κ2) is 6.17. The van der Waals surface area contributed by atoms with Crippen molar-refractivity contribution in [1.82, 2.24) is 4.90 Å². The number of rotatable bonds is 3. The Labute approximate surface area is 114 Å². The quantitative estimate of drug-likeness (QED) is 0.862. The molecule has 4 N–H and O–H groups in total. The highest BCUT2D eigenvalue weighted by Gasteiger charge is 2.31. The summed E-state index contributed by atoms with van der Waals surface area (Å²) in [5.74, 6) is 0.566. The second-order valence-electron chi connectivity index (χ2n) is 5.32. The molecule has 4 heteroatoms. The average molecular weight is 261 g/mol. The average Bonchev–Trinajstić information content (AvgIpc) is 2.46. The van der Waals surface area contributed by atoms with Crippen LogP contribution in [0.25, 0.3) is 0 Å². The topological polar surface area (TPSA) is 72.3 Å². The molecule has 19 heavy (non-hydrogen) atoms. The summed E-state index contributed by atoms with van der Waals surface area (Å²) in [6.45, 7) is 4.02. The van der Waals surface area contributed by atoms with E-state index in [2.05, 4.69) is 6.92 Å². The molecule has 2 rings (SSSR count). The fraction of sp³-hybridized carbons (Fsp3) is 0.533. The van der Waals surface area contributed by atoms with Crippen molar-refractivity contribution in [3.05, 3.63) is 35.4 Å². The van der Waals surface area contributed by atoms with E-state index in [0.717, 1.165) is 30.5 Å². The van der Waals surface area contributed by atoms with Crippen molar-refractivity contribution >= 4 is 5.91 Å². The third-order valence-electron chi connectivity index (χ3n) is 4.05. The molecule has 1 heterocycles. The standard InChI is InChI=1S/C15H23N3O/c1-11-3-2-8-18(14(11)10-17)15(19)13-6-4-12(9-16)5-7-13/h4-7,11,14H,2-3,8-10,16-17H2,1H3/t11-,14+/m0/s1. The number of piperidine rings is 1. The molecular weight excluding hydrogens is 238 g/mol. The Kier molecular flexibility index (Phi) is 4.56. The van der Waals surface area contributed by atoms with Gasteiger partial charge >= 0.3 is 0 Å². The highest BCUT2D eigenvalue weighted by molar-refractivity contribution is 5.94. The first kappa shape index (κ1) is 14.0. The minimum absolute atomic E-state index is 0.0885. The van der Waals surface area contributed by atoms with Crippen LogP contribution in [0.3, 0.4) is 0 Å². The molecule has 4 nitrogen and oxygen atoms in total. The van der Waals surface area contributed by atoms with Gasteiger partial charge in [0.2, 0.25) is 0 Å². The molecule has 0 spiro atoms. The van der Waals surface area contributed by atoms with Gasteiger partial charge in [-0.15, -0.1) is 0 Å². The maximum Gasteiger partial charge on any atom is 0.254 e. The van der Waals surface area contributed by atoms with Crippen LogP contribution in [0.2, 0.25) is 0 Å². The van der Waals surface area contributed by atoms with Crippen LogP contribution in [0.1, 0.15) is 35.7 Å². The lowest BCUT2D eigenvalue weighted by Gasteiger charge is -2.39. The van der Waals surface area contributed by atoms with Gasteiger partial charge in [-0.2, -0.15) is 0 Å². The van der Waals surface area contributed by atoms with Crippen molar-refractivity contribution in [1.29, 1.82) is 0 Å². The Morgan fingerprint density at radius 1 is 1.32 bits per heavy atom. The van der Waals surface area contributed by atoms with Gasteiger partial charge in [-0.25, -0.2) is 0 Å². The van der Waals surface area contributed by atoms with Crippen LogP contribution < -0.4 is 11.5 Å². The lowest BCUT2D eigenvalue weighted by molar-refractivity contribution is 0.0532. The number of carbonyl (C=O) groups excluding carboxylic acids is 1. The first-order valence-electron chi connectivity index (χ1n) is 6.97. The second-order valence-corrected chi connectivity index (χ2v) is 5.32. The summed E-state index contributed by atoms with van der Waals surface area (Å²) in [5, 5.41) is 0. The first-order valence-corrected chi connectivity index (χ1v) is 6.97. The molecule has 1 aliphatic heterocycles. The molecule has 0 saturated carbocycles. The largest absolute Gasteiger partial charge is 0.334 e. The molecule has 0 aromatic heterocycles. The van der Waals surface area contributed by atoms with Crippen LogP contribution >= 0.6 is 0 Å². The number of benzene rings is 1. The predicted octanol–water partition coefficient (Wildman–Crippen LogP) is 1.34. The van der Waals surface area contributed by atoms with Gasteiger partial charge in [0.25, 0.3) is 5.91 Å². The minimum Gasteiger partial charge on any atom is -0.334 e. The molecule has 0 aliphatic carbocycles. The van der Waals surface area contributed by atoms with Gasteiger partial charge in [0.1, 0.15) is 0 Å². The molecule has 2 atom stereocenters. The molecule has 1 fully saturated rings. The summed E-state index contributed by atoms with van der Waals surface area (Å²) >= 11 is 0. The van der Waals surface area contributed by atoms with E-state index in [1.54, 1.807) is 0 Å². The third kappa shape index (κ3) is 2.96. The van der Waals surface area contributed by atoms with Crippen molar-refractivity contribution in [3.63, 3.8) is 0 Å². The van der Waals surface area contributed by atoms with E-state index in [4.69, 9.17) is 11.5 Å². The van der Waals surface area contributed by atoms with Crippen LogP contribution in [0, 0.1) is 5.92 Å². The minimum atomic E-state index is 0.0885. The summed E-state index contributed by atoms with van der Waals surface area (Å²) in [4.78, 5) is 14.5.